The molecule has 0 aromatic heterocycles. The lowest BCUT2D eigenvalue weighted by Crippen LogP contribution is -2.35. The van der Waals surface area contributed by atoms with Crippen molar-refractivity contribution in [2.75, 3.05) is 37.8 Å². The highest BCUT2D eigenvalue weighted by atomic mass is 35.5. The maximum absolute atomic E-state index is 12.8. The first-order valence-corrected chi connectivity index (χ1v) is 6.19. The second kappa shape index (κ2) is 6.31. The van der Waals surface area contributed by atoms with Crippen LogP contribution >= 0.6 is 30.9 Å². The van der Waals surface area contributed by atoms with Gasteiger partial charge in [0, 0.05) is 39.5 Å². The topological polar surface area (TPSA) is 41.6 Å². The molecule has 0 aromatic carbocycles. The summed E-state index contributed by atoms with van der Waals surface area (Å²) in [6, 6.07) is 0. The Balaban J connectivity index is 3.33. The third-order valence-corrected chi connectivity index (χ3v) is 3.36. The van der Waals surface area contributed by atoms with Crippen molar-refractivity contribution in [1.82, 2.24) is 9.76 Å². The predicted octanol–water partition coefficient (Wildman–Crippen LogP) is 1.88. The standard InChI is InChI=1S/C7H15Cl2N2O2P/c8-2-5-11(6-3-9)14(12)10-4-1-7-13-14/h1-7H2,(H,10,12)/i2D2,4D2,5D2,7D2. The van der Waals surface area contributed by atoms with E-state index in [1.165, 1.54) is 0 Å². The summed E-state index contributed by atoms with van der Waals surface area (Å²) in [5, 5.41) is 1.92. The summed E-state index contributed by atoms with van der Waals surface area (Å²) < 4.78 is 78.2. The fourth-order valence-corrected chi connectivity index (χ4v) is 2.59. The number of hydrogen-bond donors (Lipinski definition) is 1. The Morgan fingerprint density at radius 1 is 1.71 bits per heavy atom. The second-order valence-electron chi connectivity index (χ2n) is 2.24. The molecule has 14 heavy (non-hydrogen) atoms. The van der Waals surface area contributed by atoms with E-state index in [1.54, 1.807) is 0 Å². The summed E-state index contributed by atoms with van der Waals surface area (Å²) in [5.74, 6) is -3.31. The van der Waals surface area contributed by atoms with E-state index in [1.807, 2.05) is 5.09 Å². The van der Waals surface area contributed by atoms with Crippen LogP contribution in [0.3, 0.4) is 0 Å². The third kappa shape index (κ3) is 3.37. The molecule has 1 rings (SSSR count). The van der Waals surface area contributed by atoms with Gasteiger partial charge in [-0.1, -0.05) is 0 Å². The molecule has 84 valence electrons. The minimum absolute atomic E-state index is 0.298. The first-order valence-electron chi connectivity index (χ1n) is 7.70. The number of rotatable bonds is 5. The Bertz CT molecular complexity index is 454. The quantitative estimate of drug-likeness (QED) is 0.611. The normalized spacial score (nSPS) is 45.9. The van der Waals surface area contributed by atoms with Crippen LogP contribution < -0.4 is 5.09 Å². The summed E-state index contributed by atoms with van der Waals surface area (Å²) in [7, 11) is -4.65. The van der Waals surface area contributed by atoms with Crippen LogP contribution in [0.4, 0.5) is 0 Å². The highest BCUT2D eigenvalue weighted by Crippen LogP contribution is 2.47. The Hall–Kier alpha value is 0.690. The van der Waals surface area contributed by atoms with Gasteiger partial charge in [-0.25, -0.2) is 9.76 Å². The largest absolute Gasteiger partial charge is 0.343 e. The van der Waals surface area contributed by atoms with Gasteiger partial charge in [-0.2, -0.15) is 0 Å². The van der Waals surface area contributed by atoms with Gasteiger partial charge in [0.25, 0.3) is 0 Å². The van der Waals surface area contributed by atoms with Crippen molar-refractivity contribution in [2.45, 2.75) is 6.42 Å². The molecule has 0 bridgehead atoms. The summed E-state index contributed by atoms with van der Waals surface area (Å²) >= 11 is 10.9. The molecule has 0 spiro atoms. The summed E-state index contributed by atoms with van der Waals surface area (Å²) in [6.07, 6.45) is -0.782. The van der Waals surface area contributed by atoms with Gasteiger partial charge in [0.1, 0.15) is 0 Å². The zero-order valence-corrected chi connectivity index (χ0v) is 9.49. The van der Waals surface area contributed by atoms with Gasteiger partial charge in [0.2, 0.25) is 0 Å². The zero-order chi connectivity index (χ0) is 17.6. The Kier molecular flexibility index (Phi) is 2.41. The molecule has 0 aliphatic carbocycles. The smallest absolute Gasteiger partial charge is 0.306 e. The van der Waals surface area contributed by atoms with Crippen LogP contribution in [0.15, 0.2) is 0 Å². The average molecular weight is 269 g/mol. The van der Waals surface area contributed by atoms with Crippen LogP contribution in [0, 0.1) is 0 Å². The van der Waals surface area contributed by atoms with E-state index in [0.29, 0.717) is 4.67 Å². The number of hydrogen-bond acceptors (Lipinski definition) is 2. The monoisotopic (exact) mass is 268 g/mol. The molecule has 4 nitrogen and oxygen atoms in total. The van der Waals surface area contributed by atoms with E-state index in [9.17, 15) is 4.57 Å². The molecule has 1 aliphatic rings. The Morgan fingerprint density at radius 3 is 3.07 bits per heavy atom. The molecular formula is C7H15Cl2N2O2P. The Morgan fingerprint density at radius 2 is 2.50 bits per heavy atom. The van der Waals surface area contributed by atoms with Crippen LogP contribution in [0.2, 0.25) is 0 Å². The molecule has 0 amide bonds. The molecule has 7 heteroatoms. The van der Waals surface area contributed by atoms with E-state index < -0.39 is 46.0 Å². The van der Waals surface area contributed by atoms with E-state index in [-0.39, 0.29) is 5.88 Å². The highest BCUT2D eigenvalue weighted by molar-refractivity contribution is 7.54. The SMILES string of the molecule is [2H]C1([2H])CC([2H])([2H])OP(=O)(N(CCCl)C([2H])([2H])C([2H])([2H])Cl)N1. The lowest BCUT2D eigenvalue weighted by molar-refractivity contribution is 0.233. The average Bonchev–Trinajstić information content (AvgIpc) is 2.18. The predicted molar refractivity (Wildman–Crippen MR) is 59.2 cm³/mol. The molecule has 0 saturated carbocycles. The van der Waals surface area contributed by atoms with Crippen molar-refractivity contribution in [3.05, 3.63) is 0 Å². The number of halogens is 2. The van der Waals surface area contributed by atoms with Gasteiger partial charge < -0.3 is 4.52 Å². The van der Waals surface area contributed by atoms with E-state index in [2.05, 4.69) is 0 Å². The van der Waals surface area contributed by atoms with Gasteiger partial charge in [-0.3, -0.25) is 4.57 Å². The minimum atomic E-state index is -4.65. The molecule has 1 heterocycles. The van der Waals surface area contributed by atoms with E-state index in [0.717, 1.165) is 0 Å². The van der Waals surface area contributed by atoms with Crippen LogP contribution in [-0.4, -0.2) is 42.5 Å². The van der Waals surface area contributed by atoms with Crippen molar-refractivity contribution >= 4 is 30.9 Å². The third-order valence-electron chi connectivity index (χ3n) is 1.35. The van der Waals surface area contributed by atoms with Gasteiger partial charge in [0.15, 0.2) is 0 Å². The zero-order valence-electron chi connectivity index (χ0n) is 15.1. The van der Waals surface area contributed by atoms with Gasteiger partial charge in [0.05, 0.1) is 9.30 Å². The number of alkyl halides is 2. The number of nitrogens with zero attached hydrogens (tertiary/aromatic N) is 1. The molecule has 0 radical (unpaired) electrons. The molecule has 1 unspecified atom stereocenters. The van der Waals surface area contributed by atoms with E-state index >= 15 is 0 Å². The van der Waals surface area contributed by atoms with E-state index in [4.69, 9.17) is 38.7 Å². The first kappa shape index (κ1) is 5.35. The summed E-state index contributed by atoms with van der Waals surface area (Å²) in [6.45, 7) is -8.70. The number of nitrogens with one attached hydrogen (secondary N) is 1. The van der Waals surface area contributed by atoms with Crippen molar-refractivity contribution in [3.8, 4) is 0 Å². The molecule has 0 aromatic rings. The summed E-state index contributed by atoms with van der Waals surface area (Å²) in [4.78, 5) is 0. The summed E-state index contributed by atoms with van der Waals surface area (Å²) in [5.41, 5.74) is 0. The second-order valence-corrected chi connectivity index (χ2v) is 4.74. The highest BCUT2D eigenvalue weighted by Gasteiger charge is 2.32. The molecular weight excluding hydrogens is 246 g/mol. The molecule has 1 saturated heterocycles. The minimum Gasteiger partial charge on any atom is -0.306 e. The fourth-order valence-electron chi connectivity index (χ4n) is 0.810. The fraction of sp³-hybridized carbons (Fsp3) is 1.00. The van der Waals surface area contributed by atoms with Gasteiger partial charge in [-0.05, 0) is 6.42 Å². The molecule has 1 N–H and O–H groups in total. The molecule has 1 aliphatic heterocycles. The molecule has 1 fully saturated rings. The van der Waals surface area contributed by atoms with Crippen molar-refractivity contribution in [3.63, 3.8) is 0 Å². The van der Waals surface area contributed by atoms with Crippen LogP contribution in [0.5, 0.6) is 0 Å². The Labute approximate surface area is 106 Å². The van der Waals surface area contributed by atoms with Crippen molar-refractivity contribution in [2.24, 2.45) is 0 Å². The van der Waals surface area contributed by atoms with Crippen molar-refractivity contribution in [1.29, 1.82) is 0 Å². The molecule has 1 atom stereocenters. The maximum atomic E-state index is 12.8. The van der Waals surface area contributed by atoms with Crippen LogP contribution in [0.25, 0.3) is 0 Å². The van der Waals surface area contributed by atoms with Crippen LogP contribution in [0.1, 0.15) is 17.4 Å². The van der Waals surface area contributed by atoms with Crippen LogP contribution in [-0.2, 0) is 9.09 Å². The lowest BCUT2D eigenvalue weighted by atomic mass is 10.5. The lowest BCUT2D eigenvalue weighted by Gasteiger charge is -2.33. The van der Waals surface area contributed by atoms with Crippen molar-refractivity contribution < 1.29 is 20.1 Å². The maximum Gasteiger partial charge on any atom is 0.343 e. The van der Waals surface area contributed by atoms with Gasteiger partial charge >= 0.3 is 7.67 Å². The van der Waals surface area contributed by atoms with Gasteiger partial charge in [-0.15, -0.1) is 23.2 Å². The first-order chi connectivity index (χ1) is 9.56.